The van der Waals surface area contributed by atoms with Crippen LogP contribution in [0.2, 0.25) is 0 Å². The van der Waals surface area contributed by atoms with Crippen molar-refractivity contribution in [3.05, 3.63) is 52.2 Å². The van der Waals surface area contributed by atoms with Crippen molar-refractivity contribution >= 4 is 5.84 Å². The Balaban J connectivity index is 2.29. The van der Waals surface area contributed by atoms with Crippen LogP contribution in [0.1, 0.15) is 11.4 Å². The Morgan fingerprint density at radius 3 is 2.69 bits per heavy atom. The van der Waals surface area contributed by atoms with Crippen LogP contribution >= 0.6 is 0 Å². The van der Waals surface area contributed by atoms with Gasteiger partial charge in [-0.1, -0.05) is 30.3 Å². The van der Waals surface area contributed by atoms with Crippen LogP contribution in [-0.4, -0.2) is 20.6 Å². The number of benzene rings is 1. The highest BCUT2D eigenvalue weighted by Crippen LogP contribution is 1.99. The first-order valence-electron chi connectivity index (χ1n) is 4.72. The predicted octanol–water partition coefficient (Wildman–Crippen LogP) is -0.0962. The average Bonchev–Trinajstić information content (AvgIpc) is 2.62. The Kier molecular flexibility index (Phi) is 2.55. The van der Waals surface area contributed by atoms with Gasteiger partial charge in [0.1, 0.15) is 0 Å². The minimum atomic E-state index is -0.367. The molecule has 6 heteroatoms. The molecule has 1 heterocycles. The smallest absolute Gasteiger partial charge is 0.343 e. The number of rotatable bonds is 3. The summed E-state index contributed by atoms with van der Waals surface area (Å²) in [6.45, 7) is 0.365. The lowest BCUT2D eigenvalue weighted by atomic mass is 10.2. The molecule has 1 aromatic heterocycles. The molecular weight excluding hydrogens is 206 g/mol. The molecule has 0 atom stereocenters. The number of aromatic amines is 1. The summed E-state index contributed by atoms with van der Waals surface area (Å²) in [5.41, 5.74) is 5.82. The predicted molar refractivity (Wildman–Crippen MR) is 59.4 cm³/mol. The van der Waals surface area contributed by atoms with Crippen LogP contribution in [0.15, 0.2) is 35.1 Å². The molecule has 82 valence electrons. The molecule has 0 spiro atoms. The zero-order valence-corrected chi connectivity index (χ0v) is 8.47. The summed E-state index contributed by atoms with van der Waals surface area (Å²) in [4.78, 5) is 13.9. The minimum absolute atomic E-state index is 0.0981. The number of aromatic nitrogens is 3. The van der Waals surface area contributed by atoms with E-state index in [1.54, 1.807) is 0 Å². The van der Waals surface area contributed by atoms with Gasteiger partial charge >= 0.3 is 5.69 Å². The molecule has 0 aliphatic heterocycles. The Morgan fingerprint density at radius 1 is 1.44 bits per heavy atom. The summed E-state index contributed by atoms with van der Waals surface area (Å²) < 4.78 is 1.24. The summed E-state index contributed by atoms with van der Waals surface area (Å²) in [5.74, 6) is -0.148. The highest BCUT2D eigenvalue weighted by molar-refractivity contribution is 5.90. The number of amidine groups is 1. The van der Waals surface area contributed by atoms with E-state index in [0.29, 0.717) is 6.54 Å². The first kappa shape index (κ1) is 10.2. The largest absolute Gasteiger partial charge is 0.381 e. The molecule has 0 radical (unpaired) electrons. The maximum atomic E-state index is 11.4. The number of nitrogens with two attached hydrogens (primary N) is 1. The number of nitrogen functional groups attached to an aromatic ring is 1. The molecule has 1 aromatic carbocycles. The number of nitrogens with one attached hydrogen (secondary N) is 2. The quantitative estimate of drug-likeness (QED) is 0.494. The fraction of sp³-hybridized carbons (Fsp3) is 0.100. The van der Waals surface area contributed by atoms with Crippen molar-refractivity contribution < 1.29 is 0 Å². The SMILES string of the molecule is N=C(N)c1nn(Cc2ccccc2)c(=O)[nH]1. The van der Waals surface area contributed by atoms with Gasteiger partial charge < -0.3 is 5.73 Å². The van der Waals surface area contributed by atoms with Crippen molar-refractivity contribution in [1.82, 2.24) is 14.8 Å². The Labute approximate surface area is 91.2 Å². The normalized spacial score (nSPS) is 10.2. The van der Waals surface area contributed by atoms with E-state index < -0.39 is 0 Å². The van der Waals surface area contributed by atoms with Gasteiger partial charge in [-0.2, -0.15) is 0 Å². The summed E-state index contributed by atoms with van der Waals surface area (Å²) >= 11 is 0. The molecular formula is C10H11N5O. The highest BCUT2D eigenvalue weighted by Gasteiger charge is 2.07. The van der Waals surface area contributed by atoms with Crippen molar-refractivity contribution in [2.45, 2.75) is 6.54 Å². The minimum Gasteiger partial charge on any atom is -0.381 e. The van der Waals surface area contributed by atoms with E-state index in [1.807, 2.05) is 30.3 Å². The second kappa shape index (κ2) is 4.01. The number of hydrogen-bond donors (Lipinski definition) is 3. The van der Waals surface area contributed by atoms with Crippen LogP contribution in [-0.2, 0) is 6.54 Å². The standard InChI is InChI=1S/C10H11N5O/c11-8(12)9-13-10(16)15(14-9)6-7-4-2-1-3-5-7/h1-5H,6H2,(H3,11,12)(H,13,14,16). The second-order valence-corrected chi connectivity index (χ2v) is 3.34. The molecule has 0 saturated carbocycles. The summed E-state index contributed by atoms with van der Waals surface area (Å²) in [6.07, 6.45) is 0. The first-order valence-corrected chi connectivity index (χ1v) is 4.72. The molecule has 6 nitrogen and oxygen atoms in total. The van der Waals surface area contributed by atoms with Gasteiger partial charge in [0.15, 0.2) is 11.7 Å². The lowest BCUT2D eigenvalue weighted by molar-refractivity contribution is 0.657. The van der Waals surface area contributed by atoms with E-state index in [1.165, 1.54) is 4.68 Å². The molecule has 0 fully saturated rings. The average molecular weight is 217 g/mol. The third kappa shape index (κ3) is 2.00. The van der Waals surface area contributed by atoms with Gasteiger partial charge in [-0.05, 0) is 5.56 Å². The third-order valence-corrected chi connectivity index (χ3v) is 2.11. The summed E-state index contributed by atoms with van der Waals surface area (Å²) in [5, 5.41) is 11.1. The molecule has 2 aromatic rings. The Morgan fingerprint density at radius 2 is 2.12 bits per heavy atom. The van der Waals surface area contributed by atoms with E-state index in [4.69, 9.17) is 11.1 Å². The van der Waals surface area contributed by atoms with Gasteiger partial charge in [0, 0.05) is 0 Å². The molecule has 16 heavy (non-hydrogen) atoms. The topological polar surface area (TPSA) is 101 Å². The molecule has 0 bridgehead atoms. The van der Waals surface area contributed by atoms with Gasteiger partial charge in [-0.15, -0.1) is 5.10 Å². The fourth-order valence-electron chi connectivity index (χ4n) is 1.34. The third-order valence-electron chi connectivity index (χ3n) is 2.11. The molecule has 2 rings (SSSR count). The highest BCUT2D eigenvalue weighted by atomic mass is 16.1. The van der Waals surface area contributed by atoms with Crippen LogP contribution in [0.4, 0.5) is 0 Å². The zero-order chi connectivity index (χ0) is 11.5. The van der Waals surface area contributed by atoms with Crippen molar-refractivity contribution in [1.29, 1.82) is 5.41 Å². The van der Waals surface area contributed by atoms with E-state index in [0.717, 1.165) is 5.56 Å². The van der Waals surface area contributed by atoms with E-state index in [9.17, 15) is 4.79 Å². The monoisotopic (exact) mass is 217 g/mol. The van der Waals surface area contributed by atoms with Gasteiger partial charge in [0.05, 0.1) is 6.54 Å². The summed E-state index contributed by atoms with van der Waals surface area (Å²) in [7, 11) is 0. The molecule has 0 saturated heterocycles. The summed E-state index contributed by atoms with van der Waals surface area (Å²) in [6, 6.07) is 9.47. The lowest BCUT2D eigenvalue weighted by Gasteiger charge is -1.98. The van der Waals surface area contributed by atoms with E-state index in [-0.39, 0.29) is 17.3 Å². The van der Waals surface area contributed by atoms with Crippen molar-refractivity contribution in [3.63, 3.8) is 0 Å². The molecule has 0 amide bonds. The number of hydrogen-bond acceptors (Lipinski definition) is 3. The van der Waals surface area contributed by atoms with E-state index in [2.05, 4.69) is 10.1 Å². The number of nitrogens with zero attached hydrogens (tertiary/aromatic N) is 2. The van der Waals surface area contributed by atoms with Crippen molar-refractivity contribution in [2.75, 3.05) is 0 Å². The van der Waals surface area contributed by atoms with Crippen LogP contribution < -0.4 is 11.4 Å². The van der Waals surface area contributed by atoms with Gasteiger partial charge in [0.2, 0.25) is 0 Å². The zero-order valence-electron chi connectivity index (χ0n) is 8.47. The van der Waals surface area contributed by atoms with Crippen LogP contribution in [0.25, 0.3) is 0 Å². The van der Waals surface area contributed by atoms with Crippen LogP contribution in [0.3, 0.4) is 0 Å². The van der Waals surface area contributed by atoms with Crippen LogP contribution in [0, 0.1) is 5.41 Å². The maximum Gasteiger partial charge on any atom is 0.343 e. The molecule has 0 aliphatic carbocycles. The van der Waals surface area contributed by atoms with Crippen molar-refractivity contribution in [2.24, 2.45) is 5.73 Å². The van der Waals surface area contributed by atoms with Gasteiger partial charge in [-0.25, -0.2) is 9.48 Å². The maximum absolute atomic E-state index is 11.4. The first-order chi connectivity index (χ1) is 7.66. The van der Waals surface area contributed by atoms with Crippen LogP contribution in [0.5, 0.6) is 0 Å². The van der Waals surface area contributed by atoms with Gasteiger partial charge in [-0.3, -0.25) is 10.4 Å². The Hall–Kier alpha value is -2.37. The van der Waals surface area contributed by atoms with Crippen molar-refractivity contribution in [3.8, 4) is 0 Å². The Bertz CT molecular complexity index is 554. The lowest BCUT2D eigenvalue weighted by Crippen LogP contribution is -2.18. The fourth-order valence-corrected chi connectivity index (χ4v) is 1.34. The molecule has 0 aliphatic rings. The van der Waals surface area contributed by atoms with E-state index >= 15 is 0 Å². The second-order valence-electron chi connectivity index (χ2n) is 3.34. The van der Waals surface area contributed by atoms with Gasteiger partial charge in [0.25, 0.3) is 0 Å². The number of H-pyrrole nitrogens is 1. The molecule has 0 unspecified atom stereocenters. The molecule has 4 N–H and O–H groups in total.